The molecule has 122 valence electrons. The van der Waals surface area contributed by atoms with Crippen LogP contribution in [0.2, 0.25) is 0 Å². The maximum Gasteiger partial charge on any atom is 0.272 e. The molecule has 4 rings (SSSR count). The molecular weight excluding hydrogens is 302 g/mol. The zero-order chi connectivity index (χ0) is 16.5. The second-order valence-electron chi connectivity index (χ2n) is 6.03. The molecule has 0 saturated carbocycles. The molecule has 2 N–H and O–H groups in total. The Balaban J connectivity index is 1.51. The minimum atomic E-state index is -0.160. The lowest BCUT2D eigenvalue weighted by molar-refractivity contribution is 0.0946. The van der Waals surface area contributed by atoms with Gasteiger partial charge in [-0.1, -0.05) is 6.07 Å². The number of hydrogen-bond acceptors (Lipinski definition) is 4. The maximum atomic E-state index is 12.5. The lowest BCUT2D eigenvalue weighted by Crippen LogP contribution is -2.26. The summed E-state index contributed by atoms with van der Waals surface area (Å²) in [4.78, 5) is 21.4. The quantitative estimate of drug-likeness (QED) is 0.769. The third kappa shape index (κ3) is 2.65. The maximum absolute atomic E-state index is 12.5. The lowest BCUT2D eigenvalue weighted by Gasteiger charge is -2.16. The molecule has 0 saturated heterocycles. The largest absolute Gasteiger partial charge is 0.347 e. The Bertz CT molecular complexity index is 915. The normalized spacial score (nSPS) is 13.7. The van der Waals surface area contributed by atoms with Crippen LogP contribution in [0.4, 0.5) is 0 Å². The summed E-state index contributed by atoms with van der Waals surface area (Å²) in [6.07, 6.45) is 4.72. The van der Waals surface area contributed by atoms with Gasteiger partial charge in [-0.25, -0.2) is 4.98 Å². The minimum absolute atomic E-state index is 0.160. The summed E-state index contributed by atoms with van der Waals surface area (Å²) in [6.45, 7) is 4.17. The average Bonchev–Trinajstić information content (AvgIpc) is 2.97. The fourth-order valence-electron chi connectivity index (χ4n) is 3.09. The highest BCUT2D eigenvalue weighted by Crippen LogP contribution is 2.14. The fraction of sp³-hybridized carbons (Fsp3) is 0.278. The topological polar surface area (TPSA) is 71.3 Å². The highest BCUT2D eigenvalue weighted by Gasteiger charge is 2.16. The Morgan fingerprint density at radius 2 is 2.33 bits per heavy atom. The van der Waals surface area contributed by atoms with Crippen LogP contribution in [0, 0.1) is 6.92 Å². The van der Waals surface area contributed by atoms with Crippen LogP contribution in [-0.4, -0.2) is 26.8 Å². The zero-order valence-corrected chi connectivity index (χ0v) is 13.5. The van der Waals surface area contributed by atoms with Gasteiger partial charge in [-0.3, -0.25) is 9.78 Å². The van der Waals surface area contributed by atoms with E-state index in [2.05, 4.69) is 26.7 Å². The SMILES string of the molecule is Cc1c(C(=O)NCc2cnc3c(c2)CNCC3)nc2ccccn12. The number of carbonyl (C=O) groups is 1. The number of hydrogen-bond donors (Lipinski definition) is 2. The van der Waals surface area contributed by atoms with Crippen molar-refractivity contribution in [1.29, 1.82) is 0 Å². The van der Waals surface area contributed by atoms with Gasteiger partial charge in [0.15, 0.2) is 0 Å². The van der Waals surface area contributed by atoms with Crippen molar-refractivity contribution in [3.05, 3.63) is 64.9 Å². The lowest BCUT2D eigenvalue weighted by atomic mass is 10.1. The van der Waals surface area contributed by atoms with E-state index in [9.17, 15) is 4.79 Å². The molecule has 6 heteroatoms. The Kier molecular flexibility index (Phi) is 3.74. The summed E-state index contributed by atoms with van der Waals surface area (Å²) in [5, 5.41) is 6.29. The van der Waals surface area contributed by atoms with E-state index < -0.39 is 0 Å². The molecule has 0 radical (unpaired) electrons. The molecule has 0 aliphatic carbocycles. The van der Waals surface area contributed by atoms with E-state index in [0.29, 0.717) is 12.2 Å². The van der Waals surface area contributed by atoms with Gasteiger partial charge in [0.05, 0.1) is 5.69 Å². The first-order valence-corrected chi connectivity index (χ1v) is 8.11. The molecule has 0 fully saturated rings. The summed E-state index contributed by atoms with van der Waals surface area (Å²) >= 11 is 0. The number of aryl methyl sites for hydroxylation is 1. The molecule has 3 aromatic rings. The van der Waals surface area contributed by atoms with Crippen molar-refractivity contribution in [1.82, 2.24) is 25.0 Å². The number of carbonyl (C=O) groups excluding carboxylic acids is 1. The Morgan fingerprint density at radius 1 is 1.42 bits per heavy atom. The van der Waals surface area contributed by atoms with E-state index in [1.165, 1.54) is 5.56 Å². The first-order valence-electron chi connectivity index (χ1n) is 8.11. The van der Waals surface area contributed by atoms with Gasteiger partial charge in [0.25, 0.3) is 5.91 Å². The molecular formula is C18H19N5O. The van der Waals surface area contributed by atoms with Gasteiger partial charge < -0.3 is 15.0 Å². The summed E-state index contributed by atoms with van der Waals surface area (Å²) in [5.74, 6) is -0.160. The van der Waals surface area contributed by atoms with Crippen LogP contribution < -0.4 is 10.6 Å². The van der Waals surface area contributed by atoms with Gasteiger partial charge in [0, 0.05) is 44.1 Å². The first kappa shape index (κ1) is 14.8. The van der Waals surface area contributed by atoms with E-state index in [1.807, 2.05) is 41.9 Å². The molecule has 0 bridgehead atoms. The van der Waals surface area contributed by atoms with Crippen molar-refractivity contribution in [2.75, 3.05) is 6.54 Å². The minimum Gasteiger partial charge on any atom is -0.347 e. The number of imidazole rings is 1. The van der Waals surface area contributed by atoms with Gasteiger partial charge in [0.1, 0.15) is 11.3 Å². The van der Waals surface area contributed by atoms with E-state index in [4.69, 9.17) is 0 Å². The van der Waals surface area contributed by atoms with Crippen molar-refractivity contribution in [3.8, 4) is 0 Å². The molecule has 1 amide bonds. The second-order valence-corrected chi connectivity index (χ2v) is 6.03. The number of nitrogens with one attached hydrogen (secondary N) is 2. The van der Waals surface area contributed by atoms with Crippen LogP contribution in [0.15, 0.2) is 36.7 Å². The summed E-state index contributed by atoms with van der Waals surface area (Å²) in [7, 11) is 0. The number of nitrogens with zero attached hydrogens (tertiary/aromatic N) is 3. The van der Waals surface area contributed by atoms with E-state index in [1.54, 1.807) is 0 Å². The predicted molar refractivity (Wildman–Crippen MR) is 90.7 cm³/mol. The predicted octanol–water partition coefficient (Wildman–Crippen LogP) is 1.61. The number of rotatable bonds is 3. The van der Waals surface area contributed by atoms with Crippen LogP contribution in [0.5, 0.6) is 0 Å². The standard InChI is InChI=1S/C18H19N5O/c1-12-17(22-16-4-2-3-7-23(12)16)18(24)21-10-13-8-14-11-19-6-5-15(14)20-9-13/h2-4,7-9,19H,5-6,10-11H2,1H3,(H,21,24). The van der Waals surface area contributed by atoms with Crippen molar-refractivity contribution in [2.45, 2.75) is 26.4 Å². The smallest absolute Gasteiger partial charge is 0.272 e. The van der Waals surface area contributed by atoms with Crippen LogP contribution in [0.1, 0.15) is 33.0 Å². The number of pyridine rings is 2. The van der Waals surface area contributed by atoms with Crippen LogP contribution in [0.3, 0.4) is 0 Å². The summed E-state index contributed by atoms with van der Waals surface area (Å²) < 4.78 is 1.92. The monoisotopic (exact) mass is 321 g/mol. The van der Waals surface area contributed by atoms with E-state index >= 15 is 0 Å². The fourth-order valence-corrected chi connectivity index (χ4v) is 3.09. The van der Waals surface area contributed by atoms with Gasteiger partial charge in [-0.2, -0.15) is 0 Å². The molecule has 0 atom stereocenters. The van der Waals surface area contributed by atoms with Crippen molar-refractivity contribution < 1.29 is 4.79 Å². The third-order valence-corrected chi connectivity index (χ3v) is 4.41. The van der Waals surface area contributed by atoms with Crippen LogP contribution >= 0.6 is 0 Å². The Labute approximate surface area is 139 Å². The van der Waals surface area contributed by atoms with Gasteiger partial charge in [-0.05, 0) is 36.2 Å². The average molecular weight is 321 g/mol. The number of amides is 1. The first-order chi connectivity index (χ1) is 11.7. The second kappa shape index (κ2) is 6.05. The molecule has 0 spiro atoms. The Morgan fingerprint density at radius 3 is 3.21 bits per heavy atom. The van der Waals surface area contributed by atoms with Crippen molar-refractivity contribution in [3.63, 3.8) is 0 Å². The molecule has 0 aromatic carbocycles. The van der Waals surface area contributed by atoms with Gasteiger partial charge in [0.2, 0.25) is 0 Å². The molecule has 24 heavy (non-hydrogen) atoms. The molecule has 3 aromatic heterocycles. The van der Waals surface area contributed by atoms with Gasteiger partial charge >= 0.3 is 0 Å². The Hall–Kier alpha value is -2.73. The molecule has 4 heterocycles. The highest BCUT2D eigenvalue weighted by atomic mass is 16.1. The third-order valence-electron chi connectivity index (χ3n) is 4.41. The van der Waals surface area contributed by atoms with E-state index in [-0.39, 0.29) is 5.91 Å². The molecule has 1 aliphatic heterocycles. The number of aromatic nitrogens is 3. The van der Waals surface area contributed by atoms with Gasteiger partial charge in [-0.15, -0.1) is 0 Å². The molecule has 6 nitrogen and oxygen atoms in total. The number of fused-ring (bicyclic) bond motifs is 2. The summed E-state index contributed by atoms with van der Waals surface area (Å²) in [5.41, 5.74) is 5.47. The molecule has 0 unspecified atom stereocenters. The van der Waals surface area contributed by atoms with Crippen molar-refractivity contribution >= 4 is 11.6 Å². The summed E-state index contributed by atoms with van der Waals surface area (Å²) in [6, 6.07) is 7.85. The zero-order valence-electron chi connectivity index (χ0n) is 13.5. The van der Waals surface area contributed by atoms with Crippen LogP contribution in [-0.2, 0) is 19.5 Å². The highest BCUT2D eigenvalue weighted by molar-refractivity contribution is 5.94. The van der Waals surface area contributed by atoms with Crippen molar-refractivity contribution in [2.24, 2.45) is 0 Å². The molecule has 1 aliphatic rings. The van der Waals surface area contributed by atoms with E-state index in [0.717, 1.165) is 42.1 Å². The van der Waals surface area contributed by atoms with Crippen LogP contribution in [0.25, 0.3) is 5.65 Å².